The molecule has 0 aromatic heterocycles. The average Bonchev–Trinajstić information content (AvgIpc) is 2.05. The third kappa shape index (κ3) is 2.81. The molecule has 0 spiro atoms. The van der Waals surface area contributed by atoms with E-state index in [2.05, 4.69) is 4.74 Å². The predicted molar refractivity (Wildman–Crippen MR) is 43.9 cm³/mol. The van der Waals surface area contributed by atoms with E-state index in [-0.39, 0.29) is 5.92 Å². The molecule has 12 heavy (non-hydrogen) atoms. The number of esters is 1. The Labute approximate surface area is 76.0 Å². The molecule has 1 fully saturated rings. The van der Waals surface area contributed by atoms with Gasteiger partial charge in [0.2, 0.25) is 0 Å². The minimum absolute atomic E-state index is 0.110. The molecule has 0 aromatic carbocycles. The van der Waals surface area contributed by atoms with Gasteiger partial charge < -0.3 is 4.74 Å². The summed E-state index contributed by atoms with van der Waals surface area (Å²) in [6.45, 7) is 0. The van der Waals surface area contributed by atoms with Gasteiger partial charge in [-0.15, -0.1) is 0 Å². The summed E-state index contributed by atoms with van der Waals surface area (Å²) >= 11 is 4.91. The summed E-state index contributed by atoms with van der Waals surface area (Å²) in [5.74, 6) is -0.573. The summed E-state index contributed by atoms with van der Waals surface area (Å²) in [4.78, 5) is 21.3. The molecular weight excluding hydrogens is 180 g/mol. The molecule has 3 nitrogen and oxygen atoms in total. The van der Waals surface area contributed by atoms with Gasteiger partial charge in [0, 0.05) is 11.6 Å². The zero-order valence-corrected chi connectivity index (χ0v) is 7.47. The predicted octanol–water partition coefficient (Wildman–Crippen LogP) is 2.47. The van der Waals surface area contributed by atoms with Crippen molar-refractivity contribution in [2.45, 2.75) is 32.1 Å². The van der Waals surface area contributed by atoms with Crippen molar-refractivity contribution in [3.63, 3.8) is 0 Å². The van der Waals surface area contributed by atoms with Crippen molar-refractivity contribution in [3.8, 4) is 0 Å². The van der Waals surface area contributed by atoms with Gasteiger partial charge in [-0.3, -0.25) is 4.79 Å². The van der Waals surface area contributed by atoms with Crippen LogP contribution in [0, 0.1) is 5.92 Å². The standard InChI is InChI=1S/C8H11ClO3/c9-8(11)12-7(10)6-4-2-1-3-5-6/h6H,1-5H2. The summed E-state index contributed by atoms with van der Waals surface area (Å²) in [6, 6.07) is 0. The lowest BCUT2D eigenvalue weighted by molar-refractivity contribution is -0.142. The fourth-order valence-corrected chi connectivity index (χ4v) is 1.58. The Hall–Kier alpha value is -0.570. The molecule has 68 valence electrons. The van der Waals surface area contributed by atoms with Gasteiger partial charge >= 0.3 is 11.4 Å². The molecule has 0 bridgehead atoms. The number of carbonyl (C=O) groups is 2. The highest BCUT2D eigenvalue weighted by Gasteiger charge is 2.23. The van der Waals surface area contributed by atoms with Gasteiger partial charge in [0.25, 0.3) is 0 Å². The first-order valence-corrected chi connectivity index (χ1v) is 4.49. The van der Waals surface area contributed by atoms with Crippen LogP contribution in [0.15, 0.2) is 0 Å². The Balaban J connectivity index is 2.34. The first kappa shape index (κ1) is 9.52. The van der Waals surface area contributed by atoms with Crippen molar-refractivity contribution >= 4 is 23.0 Å². The Morgan fingerprint density at radius 2 is 1.75 bits per heavy atom. The molecule has 0 aliphatic heterocycles. The van der Waals surface area contributed by atoms with Gasteiger partial charge in [-0.05, 0) is 12.8 Å². The van der Waals surface area contributed by atoms with Gasteiger partial charge in [0.15, 0.2) is 0 Å². The van der Waals surface area contributed by atoms with Gasteiger partial charge in [-0.1, -0.05) is 19.3 Å². The molecule has 1 saturated carbocycles. The van der Waals surface area contributed by atoms with E-state index < -0.39 is 11.4 Å². The highest BCUT2D eigenvalue weighted by molar-refractivity contribution is 6.61. The fourth-order valence-electron chi connectivity index (χ4n) is 1.50. The van der Waals surface area contributed by atoms with E-state index in [0.717, 1.165) is 25.7 Å². The zero-order chi connectivity index (χ0) is 8.97. The van der Waals surface area contributed by atoms with E-state index >= 15 is 0 Å². The first-order chi connectivity index (χ1) is 5.70. The zero-order valence-electron chi connectivity index (χ0n) is 6.72. The van der Waals surface area contributed by atoms with Gasteiger partial charge in [0.05, 0.1) is 5.92 Å². The number of hydrogen-bond acceptors (Lipinski definition) is 3. The fraction of sp³-hybridized carbons (Fsp3) is 0.750. The topological polar surface area (TPSA) is 43.4 Å². The number of rotatable bonds is 1. The molecule has 0 amide bonds. The van der Waals surface area contributed by atoms with E-state index in [1.165, 1.54) is 6.42 Å². The van der Waals surface area contributed by atoms with E-state index in [9.17, 15) is 9.59 Å². The van der Waals surface area contributed by atoms with Gasteiger partial charge in [0.1, 0.15) is 0 Å². The lowest BCUT2D eigenvalue weighted by atomic mass is 9.89. The summed E-state index contributed by atoms with van der Waals surface area (Å²) in [5.41, 5.74) is -1.02. The Kier molecular flexibility index (Phi) is 3.53. The molecule has 1 rings (SSSR count). The second-order valence-corrected chi connectivity index (χ2v) is 3.30. The van der Waals surface area contributed by atoms with Crippen LogP contribution < -0.4 is 0 Å². The van der Waals surface area contributed by atoms with Gasteiger partial charge in [-0.25, -0.2) is 4.79 Å². The average molecular weight is 191 g/mol. The van der Waals surface area contributed by atoms with E-state index in [1.807, 2.05) is 0 Å². The lowest BCUT2D eigenvalue weighted by Gasteiger charge is -2.18. The molecule has 1 aliphatic carbocycles. The summed E-state index contributed by atoms with van der Waals surface area (Å²) in [6.07, 6.45) is 4.89. The van der Waals surface area contributed by atoms with Crippen molar-refractivity contribution in [1.29, 1.82) is 0 Å². The maximum atomic E-state index is 11.1. The number of carbonyl (C=O) groups excluding carboxylic acids is 2. The smallest absolute Gasteiger partial charge is 0.380 e. The second kappa shape index (κ2) is 4.45. The SMILES string of the molecule is O=C(Cl)OC(=O)C1CCCCC1. The van der Waals surface area contributed by atoms with Crippen molar-refractivity contribution in [2.75, 3.05) is 0 Å². The molecule has 0 atom stereocenters. The summed E-state index contributed by atoms with van der Waals surface area (Å²) in [7, 11) is 0. The van der Waals surface area contributed by atoms with Crippen LogP contribution in [-0.4, -0.2) is 11.4 Å². The minimum atomic E-state index is -1.02. The third-order valence-corrected chi connectivity index (χ3v) is 2.20. The molecule has 4 heteroatoms. The van der Waals surface area contributed by atoms with Crippen LogP contribution in [0.3, 0.4) is 0 Å². The molecule has 0 heterocycles. The largest absolute Gasteiger partial charge is 0.411 e. The van der Waals surface area contributed by atoms with Gasteiger partial charge in [-0.2, -0.15) is 0 Å². The van der Waals surface area contributed by atoms with E-state index in [1.54, 1.807) is 0 Å². The minimum Gasteiger partial charge on any atom is -0.380 e. The van der Waals surface area contributed by atoms with Crippen LogP contribution in [0.2, 0.25) is 0 Å². The van der Waals surface area contributed by atoms with Crippen molar-refractivity contribution in [2.24, 2.45) is 5.92 Å². The van der Waals surface area contributed by atoms with Crippen LogP contribution in [0.5, 0.6) is 0 Å². The highest BCUT2D eigenvalue weighted by Crippen LogP contribution is 2.24. The molecule has 0 aromatic rings. The highest BCUT2D eigenvalue weighted by atomic mass is 35.5. The van der Waals surface area contributed by atoms with Crippen molar-refractivity contribution in [3.05, 3.63) is 0 Å². The molecule has 0 saturated heterocycles. The molecular formula is C8H11ClO3. The monoisotopic (exact) mass is 190 g/mol. The van der Waals surface area contributed by atoms with Crippen LogP contribution >= 0.6 is 11.6 Å². The molecule has 0 radical (unpaired) electrons. The number of hydrogen-bond donors (Lipinski definition) is 0. The van der Waals surface area contributed by atoms with Crippen LogP contribution in [0.4, 0.5) is 4.79 Å². The summed E-state index contributed by atoms with van der Waals surface area (Å²) < 4.78 is 4.28. The van der Waals surface area contributed by atoms with Crippen molar-refractivity contribution in [1.82, 2.24) is 0 Å². The van der Waals surface area contributed by atoms with Crippen LogP contribution in [-0.2, 0) is 9.53 Å². The maximum Gasteiger partial charge on any atom is 0.411 e. The molecule has 0 N–H and O–H groups in total. The third-order valence-electron chi connectivity index (χ3n) is 2.12. The summed E-state index contributed by atoms with van der Waals surface area (Å²) in [5, 5.41) is 0. The lowest BCUT2D eigenvalue weighted by Crippen LogP contribution is -2.21. The van der Waals surface area contributed by atoms with Crippen LogP contribution in [0.1, 0.15) is 32.1 Å². The quantitative estimate of drug-likeness (QED) is 0.363. The Bertz CT molecular complexity index is 185. The number of halogens is 1. The number of ether oxygens (including phenoxy) is 1. The van der Waals surface area contributed by atoms with E-state index in [0.29, 0.717) is 0 Å². The van der Waals surface area contributed by atoms with Crippen LogP contribution in [0.25, 0.3) is 0 Å². The van der Waals surface area contributed by atoms with Crippen molar-refractivity contribution < 1.29 is 14.3 Å². The maximum absolute atomic E-state index is 11.1. The first-order valence-electron chi connectivity index (χ1n) is 4.11. The Morgan fingerprint density at radius 1 is 1.17 bits per heavy atom. The second-order valence-electron chi connectivity index (χ2n) is 2.99. The normalized spacial score (nSPS) is 18.8. The Morgan fingerprint density at radius 3 is 2.25 bits per heavy atom. The molecule has 0 unspecified atom stereocenters. The molecule has 1 aliphatic rings. The van der Waals surface area contributed by atoms with E-state index in [4.69, 9.17) is 11.6 Å².